The summed E-state index contributed by atoms with van der Waals surface area (Å²) in [6, 6.07) is 6.78. The highest BCUT2D eigenvalue weighted by atomic mass is 19.1. The lowest BCUT2D eigenvalue weighted by Crippen LogP contribution is -2.46. The van der Waals surface area contributed by atoms with E-state index in [0.717, 1.165) is 30.7 Å². The zero-order valence-electron chi connectivity index (χ0n) is 12.4. The maximum atomic E-state index is 12.9. The molecule has 2 heteroatoms. The fourth-order valence-corrected chi connectivity index (χ4v) is 3.24. The molecule has 19 heavy (non-hydrogen) atoms. The lowest BCUT2D eigenvalue weighted by atomic mass is 9.66. The van der Waals surface area contributed by atoms with Crippen LogP contribution in [0.2, 0.25) is 0 Å². The maximum Gasteiger partial charge on any atom is 0.123 e. The highest BCUT2D eigenvalue weighted by Crippen LogP contribution is 2.41. The van der Waals surface area contributed by atoms with Crippen molar-refractivity contribution in [1.82, 2.24) is 0 Å². The number of halogens is 1. The topological polar surface area (TPSA) is 26.0 Å². The molecule has 0 aromatic heterocycles. The van der Waals surface area contributed by atoms with Crippen LogP contribution >= 0.6 is 0 Å². The standard InChI is InChI=1S/C17H26FN/c1-16(2,3)14-8-10-17(19,11-9-14)12-13-4-6-15(18)7-5-13/h4-7,14H,8-12,19H2,1-3H3. The van der Waals surface area contributed by atoms with E-state index in [0.29, 0.717) is 5.41 Å². The lowest BCUT2D eigenvalue weighted by molar-refractivity contribution is 0.134. The van der Waals surface area contributed by atoms with Crippen LogP contribution in [0.1, 0.15) is 52.0 Å². The molecule has 0 atom stereocenters. The smallest absolute Gasteiger partial charge is 0.123 e. The number of hydrogen-bond donors (Lipinski definition) is 1. The van der Waals surface area contributed by atoms with Crippen molar-refractivity contribution in [2.75, 3.05) is 0 Å². The average molecular weight is 263 g/mol. The van der Waals surface area contributed by atoms with Gasteiger partial charge < -0.3 is 5.73 Å². The van der Waals surface area contributed by atoms with Gasteiger partial charge in [-0.05, 0) is 61.1 Å². The summed E-state index contributed by atoms with van der Waals surface area (Å²) in [5, 5.41) is 0. The first-order valence-corrected chi connectivity index (χ1v) is 7.32. The minimum atomic E-state index is -0.175. The molecule has 0 spiro atoms. The minimum Gasteiger partial charge on any atom is -0.325 e. The van der Waals surface area contributed by atoms with Crippen molar-refractivity contribution in [2.24, 2.45) is 17.1 Å². The summed E-state index contributed by atoms with van der Waals surface area (Å²) in [6.07, 6.45) is 5.44. The maximum absolute atomic E-state index is 12.9. The van der Waals surface area contributed by atoms with Crippen LogP contribution in [-0.4, -0.2) is 5.54 Å². The Balaban J connectivity index is 1.96. The van der Waals surface area contributed by atoms with Crippen molar-refractivity contribution in [3.63, 3.8) is 0 Å². The van der Waals surface area contributed by atoms with Gasteiger partial charge in [-0.2, -0.15) is 0 Å². The van der Waals surface area contributed by atoms with Crippen molar-refractivity contribution in [2.45, 2.75) is 58.4 Å². The Bertz CT molecular complexity index is 408. The number of nitrogens with two attached hydrogens (primary N) is 1. The SMILES string of the molecule is CC(C)(C)C1CCC(N)(Cc2ccc(F)cc2)CC1. The molecule has 1 fully saturated rings. The van der Waals surface area contributed by atoms with Gasteiger partial charge in [0.15, 0.2) is 0 Å². The van der Waals surface area contributed by atoms with Crippen LogP contribution in [-0.2, 0) is 6.42 Å². The summed E-state index contributed by atoms with van der Waals surface area (Å²) in [7, 11) is 0. The van der Waals surface area contributed by atoms with Crippen LogP contribution in [0.4, 0.5) is 4.39 Å². The predicted molar refractivity (Wildman–Crippen MR) is 78.4 cm³/mol. The fraction of sp³-hybridized carbons (Fsp3) is 0.647. The van der Waals surface area contributed by atoms with E-state index >= 15 is 0 Å². The van der Waals surface area contributed by atoms with Crippen LogP contribution in [0.3, 0.4) is 0 Å². The Kier molecular flexibility index (Phi) is 4.00. The summed E-state index contributed by atoms with van der Waals surface area (Å²) in [5.74, 6) is 0.601. The van der Waals surface area contributed by atoms with Crippen LogP contribution in [0, 0.1) is 17.2 Å². The molecule has 0 aliphatic heterocycles. The van der Waals surface area contributed by atoms with Gasteiger partial charge in [0.05, 0.1) is 0 Å². The zero-order chi connectivity index (χ0) is 14.1. The molecular weight excluding hydrogens is 237 g/mol. The van der Waals surface area contributed by atoms with Crippen LogP contribution in [0.15, 0.2) is 24.3 Å². The molecule has 1 aromatic carbocycles. The van der Waals surface area contributed by atoms with Crippen molar-refractivity contribution in [1.29, 1.82) is 0 Å². The molecule has 0 saturated heterocycles. The minimum absolute atomic E-state index is 0.0976. The lowest BCUT2D eigenvalue weighted by Gasteiger charge is -2.42. The van der Waals surface area contributed by atoms with E-state index in [2.05, 4.69) is 20.8 Å². The van der Waals surface area contributed by atoms with Crippen molar-refractivity contribution in [3.8, 4) is 0 Å². The van der Waals surface area contributed by atoms with Gasteiger partial charge in [-0.25, -0.2) is 4.39 Å². The normalized spacial score (nSPS) is 28.4. The Morgan fingerprint density at radius 1 is 1.16 bits per heavy atom. The molecule has 2 N–H and O–H groups in total. The molecule has 2 rings (SSSR count). The number of hydrogen-bond acceptors (Lipinski definition) is 1. The van der Waals surface area contributed by atoms with Crippen molar-refractivity contribution in [3.05, 3.63) is 35.6 Å². The van der Waals surface area contributed by atoms with E-state index in [1.54, 1.807) is 0 Å². The van der Waals surface area contributed by atoms with Gasteiger partial charge in [-0.1, -0.05) is 32.9 Å². The monoisotopic (exact) mass is 263 g/mol. The third-order valence-electron chi connectivity index (χ3n) is 4.68. The predicted octanol–water partition coefficient (Wildman–Crippen LogP) is 4.30. The first-order chi connectivity index (χ1) is 8.78. The van der Waals surface area contributed by atoms with E-state index in [1.165, 1.54) is 25.0 Å². The molecule has 1 aromatic rings. The van der Waals surface area contributed by atoms with Gasteiger partial charge >= 0.3 is 0 Å². The van der Waals surface area contributed by atoms with Gasteiger partial charge in [-0.15, -0.1) is 0 Å². The third kappa shape index (κ3) is 3.79. The second-order valence-electron chi connectivity index (χ2n) is 7.31. The van der Waals surface area contributed by atoms with Gasteiger partial charge in [-0.3, -0.25) is 0 Å². The van der Waals surface area contributed by atoms with Gasteiger partial charge in [0.2, 0.25) is 0 Å². The van der Waals surface area contributed by atoms with Crippen LogP contribution in [0.5, 0.6) is 0 Å². The molecule has 0 bridgehead atoms. The van der Waals surface area contributed by atoms with E-state index < -0.39 is 0 Å². The van der Waals surface area contributed by atoms with E-state index in [4.69, 9.17) is 5.73 Å². The molecule has 0 unspecified atom stereocenters. The molecule has 106 valence electrons. The molecule has 0 heterocycles. The van der Waals surface area contributed by atoms with Crippen LogP contribution < -0.4 is 5.73 Å². The van der Waals surface area contributed by atoms with E-state index in [1.807, 2.05) is 12.1 Å². The summed E-state index contributed by atoms with van der Waals surface area (Å²) >= 11 is 0. The summed E-state index contributed by atoms with van der Waals surface area (Å²) in [5.41, 5.74) is 7.98. The van der Waals surface area contributed by atoms with Crippen molar-refractivity contribution < 1.29 is 4.39 Å². The fourth-order valence-electron chi connectivity index (χ4n) is 3.24. The second kappa shape index (κ2) is 5.24. The Morgan fingerprint density at radius 3 is 2.16 bits per heavy atom. The Hall–Kier alpha value is -0.890. The molecule has 0 radical (unpaired) electrons. The Morgan fingerprint density at radius 2 is 1.68 bits per heavy atom. The highest BCUT2D eigenvalue weighted by molar-refractivity contribution is 5.19. The first-order valence-electron chi connectivity index (χ1n) is 7.32. The average Bonchev–Trinajstić information content (AvgIpc) is 2.31. The molecule has 1 aliphatic carbocycles. The molecular formula is C17H26FN. The first kappa shape index (κ1) is 14.5. The highest BCUT2D eigenvalue weighted by Gasteiger charge is 2.36. The second-order valence-corrected chi connectivity index (χ2v) is 7.31. The Labute approximate surface area is 116 Å². The van der Waals surface area contributed by atoms with E-state index in [-0.39, 0.29) is 11.4 Å². The summed E-state index contributed by atoms with van der Waals surface area (Å²) in [4.78, 5) is 0. The molecule has 1 aliphatic rings. The molecule has 1 saturated carbocycles. The zero-order valence-corrected chi connectivity index (χ0v) is 12.4. The molecule has 1 nitrogen and oxygen atoms in total. The van der Waals surface area contributed by atoms with E-state index in [9.17, 15) is 4.39 Å². The van der Waals surface area contributed by atoms with Gasteiger partial charge in [0.1, 0.15) is 5.82 Å². The summed E-state index contributed by atoms with van der Waals surface area (Å²) in [6.45, 7) is 6.96. The van der Waals surface area contributed by atoms with Gasteiger partial charge in [0, 0.05) is 5.54 Å². The van der Waals surface area contributed by atoms with Gasteiger partial charge in [0.25, 0.3) is 0 Å². The quantitative estimate of drug-likeness (QED) is 0.845. The van der Waals surface area contributed by atoms with Crippen molar-refractivity contribution >= 4 is 0 Å². The number of benzene rings is 1. The van der Waals surface area contributed by atoms with Crippen LogP contribution in [0.25, 0.3) is 0 Å². The largest absolute Gasteiger partial charge is 0.325 e. The summed E-state index contributed by atoms with van der Waals surface area (Å²) < 4.78 is 12.9. The third-order valence-corrected chi connectivity index (χ3v) is 4.68. The number of rotatable bonds is 2. The molecule has 0 amide bonds.